The standard InChI is InChI=1S/C26H31F3N2O2/c1-31-13-11-19(12-14-31)32-16-20-8-9-21-24(17-5-3-2-4-6-17)30-23-10-7-18(26(27,28)29)15-22(23)25(21)33-20/h2-7,10,15,19-21,24-25,30H,8-9,11-14,16H2,1H3/t20-,21+,24+,25+/m1/s1. The molecule has 2 aromatic carbocycles. The van der Waals surface area contributed by atoms with E-state index in [1.54, 1.807) is 6.07 Å². The van der Waals surface area contributed by atoms with E-state index < -0.39 is 17.8 Å². The van der Waals surface area contributed by atoms with Crippen LogP contribution in [0.5, 0.6) is 0 Å². The Morgan fingerprint density at radius 2 is 1.79 bits per heavy atom. The number of alkyl halides is 3. The second-order valence-corrected chi connectivity index (χ2v) is 9.59. The first-order valence-corrected chi connectivity index (χ1v) is 11.9. The second-order valence-electron chi connectivity index (χ2n) is 9.59. The first kappa shape index (κ1) is 22.7. The molecular formula is C26H31F3N2O2. The topological polar surface area (TPSA) is 33.7 Å². The molecule has 0 saturated carbocycles. The predicted molar refractivity (Wildman–Crippen MR) is 121 cm³/mol. The summed E-state index contributed by atoms with van der Waals surface area (Å²) in [6, 6.07) is 14.1. The molecule has 3 aliphatic heterocycles. The average molecular weight is 461 g/mol. The third kappa shape index (κ3) is 4.91. The molecule has 2 saturated heterocycles. The van der Waals surface area contributed by atoms with Gasteiger partial charge in [-0.25, -0.2) is 0 Å². The summed E-state index contributed by atoms with van der Waals surface area (Å²) in [5.41, 5.74) is 1.82. The number of rotatable bonds is 4. The summed E-state index contributed by atoms with van der Waals surface area (Å²) in [6.07, 6.45) is -0.929. The summed E-state index contributed by atoms with van der Waals surface area (Å²) in [5, 5.41) is 3.51. The quantitative estimate of drug-likeness (QED) is 0.624. The first-order chi connectivity index (χ1) is 15.9. The number of hydrogen-bond donors (Lipinski definition) is 1. The van der Waals surface area contributed by atoms with Crippen LogP contribution in [0.25, 0.3) is 0 Å². The van der Waals surface area contributed by atoms with Crippen molar-refractivity contribution in [3.63, 3.8) is 0 Å². The van der Waals surface area contributed by atoms with Crippen LogP contribution >= 0.6 is 0 Å². The Balaban J connectivity index is 1.38. The van der Waals surface area contributed by atoms with Crippen molar-refractivity contribution in [3.8, 4) is 0 Å². The van der Waals surface area contributed by atoms with Gasteiger partial charge in [0.2, 0.25) is 0 Å². The Morgan fingerprint density at radius 1 is 1.03 bits per heavy atom. The molecule has 7 heteroatoms. The molecule has 5 rings (SSSR count). The van der Waals surface area contributed by atoms with Gasteiger partial charge in [0.15, 0.2) is 0 Å². The highest BCUT2D eigenvalue weighted by Gasteiger charge is 2.43. The van der Waals surface area contributed by atoms with Crippen LogP contribution in [-0.4, -0.2) is 43.9 Å². The fourth-order valence-corrected chi connectivity index (χ4v) is 5.44. The van der Waals surface area contributed by atoms with Crippen molar-refractivity contribution in [3.05, 3.63) is 65.2 Å². The smallest absolute Gasteiger partial charge is 0.378 e. The van der Waals surface area contributed by atoms with Crippen molar-refractivity contribution in [2.75, 3.05) is 32.1 Å². The minimum Gasteiger partial charge on any atom is -0.378 e. The van der Waals surface area contributed by atoms with Gasteiger partial charge in [-0.1, -0.05) is 30.3 Å². The largest absolute Gasteiger partial charge is 0.416 e. The van der Waals surface area contributed by atoms with Gasteiger partial charge >= 0.3 is 6.18 Å². The number of hydrogen-bond acceptors (Lipinski definition) is 4. The molecule has 0 aromatic heterocycles. The normalized spacial score (nSPS) is 28.6. The van der Waals surface area contributed by atoms with Crippen molar-refractivity contribution < 1.29 is 22.6 Å². The van der Waals surface area contributed by atoms with Crippen molar-refractivity contribution >= 4 is 5.69 Å². The number of ether oxygens (including phenoxy) is 2. The number of benzene rings is 2. The van der Waals surface area contributed by atoms with Gasteiger partial charge in [-0.05, 0) is 56.5 Å². The van der Waals surface area contributed by atoms with E-state index >= 15 is 0 Å². The first-order valence-electron chi connectivity index (χ1n) is 11.9. The molecular weight excluding hydrogens is 429 g/mol. The molecule has 4 atom stereocenters. The fourth-order valence-electron chi connectivity index (χ4n) is 5.44. The Hall–Kier alpha value is -2.09. The van der Waals surface area contributed by atoms with Gasteiger partial charge in [0.25, 0.3) is 0 Å². The summed E-state index contributed by atoms with van der Waals surface area (Å²) < 4.78 is 53.1. The highest BCUT2D eigenvalue weighted by Crippen LogP contribution is 2.51. The van der Waals surface area contributed by atoms with Gasteiger partial charge in [0, 0.05) is 30.3 Å². The molecule has 0 unspecified atom stereocenters. The zero-order valence-electron chi connectivity index (χ0n) is 18.9. The van der Waals surface area contributed by atoms with Crippen molar-refractivity contribution in [2.45, 2.75) is 56.2 Å². The lowest BCUT2D eigenvalue weighted by molar-refractivity contribution is -0.139. The number of likely N-dealkylation sites (tertiary alicyclic amines) is 1. The zero-order chi connectivity index (χ0) is 23.0. The molecule has 0 bridgehead atoms. The van der Waals surface area contributed by atoms with E-state index in [1.807, 2.05) is 18.2 Å². The number of fused-ring (bicyclic) bond motifs is 3. The van der Waals surface area contributed by atoms with Gasteiger partial charge in [0.1, 0.15) is 0 Å². The number of anilines is 1. The Kier molecular flexibility index (Phi) is 6.38. The highest BCUT2D eigenvalue weighted by molar-refractivity contribution is 5.58. The minimum absolute atomic E-state index is 0.00353. The van der Waals surface area contributed by atoms with Crippen molar-refractivity contribution in [2.24, 2.45) is 5.92 Å². The lowest BCUT2D eigenvalue weighted by Crippen LogP contribution is -2.41. The number of piperidine rings is 1. The van der Waals surface area contributed by atoms with Crippen LogP contribution in [0.3, 0.4) is 0 Å². The third-order valence-corrected chi connectivity index (χ3v) is 7.32. The lowest BCUT2D eigenvalue weighted by atomic mass is 9.76. The van der Waals surface area contributed by atoms with Gasteiger partial charge in [-0.15, -0.1) is 0 Å². The number of halogens is 3. The van der Waals surface area contributed by atoms with Gasteiger partial charge < -0.3 is 19.7 Å². The summed E-state index contributed by atoms with van der Waals surface area (Å²) in [7, 11) is 2.12. The SMILES string of the molecule is CN1CCC(OC[C@H]2CC[C@@H]3[C@H](O2)c2cc(C(F)(F)F)ccc2N[C@H]3c2ccccc2)CC1. The van der Waals surface area contributed by atoms with E-state index in [2.05, 4.69) is 29.4 Å². The summed E-state index contributed by atoms with van der Waals surface area (Å²) in [6.45, 7) is 2.55. The molecule has 4 nitrogen and oxygen atoms in total. The van der Waals surface area contributed by atoms with Gasteiger partial charge in [-0.3, -0.25) is 0 Å². The Morgan fingerprint density at radius 3 is 2.52 bits per heavy atom. The maximum atomic E-state index is 13.5. The maximum Gasteiger partial charge on any atom is 0.416 e. The molecule has 0 radical (unpaired) electrons. The Bertz CT molecular complexity index is 944. The fraction of sp³-hybridized carbons (Fsp3) is 0.538. The maximum absolute atomic E-state index is 13.5. The number of nitrogens with one attached hydrogen (secondary N) is 1. The molecule has 0 aliphatic carbocycles. The van der Waals surface area contributed by atoms with E-state index in [4.69, 9.17) is 9.47 Å². The van der Waals surface area contributed by atoms with Crippen LogP contribution in [0.2, 0.25) is 0 Å². The molecule has 3 heterocycles. The monoisotopic (exact) mass is 460 g/mol. The molecule has 2 fully saturated rings. The number of nitrogens with zero attached hydrogens (tertiary/aromatic N) is 1. The molecule has 2 aromatic rings. The summed E-state index contributed by atoms with van der Waals surface area (Å²) in [5.74, 6) is 0.0583. The van der Waals surface area contributed by atoms with Gasteiger partial charge in [-0.2, -0.15) is 13.2 Å². The van der Waals surface area contributed by atoms with Crippen molar-refractivity contribution in [1.29, 1.82) is 0 Å². The third-order valence-electron chi connectivity index (χ3n) is 7.32. The van der Waals surface area contributed by atoms with Crippen molar-refractivity contribution in [1.82, 2.24) is 4.90 Å². The van der Waals surface area contributed by atoms with E-state index in [1.165, 1.54) is 6.07 Å². The summed E-state index contributed by atoms with van der Waals surface area (Å²) in [4.78, 5) is 2.30. The molecule has 3 aliphatic rings. The van der Waals surface area contributed by atoms with Crippen LogP contribution < -0.4 is 5.32 Å². The Labute approximate surface area is 193 Å². The van der Waals surface area contributed by atoms with Crippen LogP contribution in [0.1, 0.15) is 54.5 Å². The molecule has 1 N–H and O–H groups in total. The molecule has 0 spiro atoms. The van der Waals surface area contributed by atoms with E-state index in [0.29, 0.717) is 12.2 Å². The second kappa shape index (κ2) is 9.28. The molecule has 178 valence electrons. The van der Waals surface area contributed by atoms with Crippen LogP contribution in [-0.2, 0) is 15.7 Å². The summed E-state index contributed by atoms with van der Waals surface area (Å²) >= 11 is 0. The molecule has 0 amide bonds. The average Bonchev–Trinajstić information content (AvgIpc) is 2.82. The van der Waals surface area contributed by atoms with E-state index in [9.17, 15) is 13.2 Å². The highest BCUT2D eigenvalue weighted by atomic mass is 19.4. The lowest BCUT2D eigenvalue weighted by Gasteiger charge is -2.46. The van der Waals surface area contributed by atoms with E-state index in [0.717, 1.165) is 56.1 Å². The minimum atomic E-state index is -4.38. The predicted octanol–water partition coefficient (Wildman–Crippen LogP) is 5.82. The van der Waals surface area contributed by atoms with Gasteiger partial charge in [0.05, 0.1) is 36.5 Å². The van der Waals surface area contributed by atoms with E-state index in [-0.39, 0.29) is 24.2 Å². The zero-order valence-corrected chi connectivity index (χ0v) is 18.9. The molecule has 33 heavy (non-hydrogen) atoms. The van der Waals surface area contributed by atoms with Crippen LogP contribution in [0, 0.1) is 5.92 Å². The van der Waals surface area contributed by atoms with Crippen LogP contribution in [0.4, 0.5) is 18.9 Å². The van der Waals surface area contributed by atoms with Crippen LogP contribution in [0.15, 0.2) is 48.5 Å².